The zero-order chi connectivity index (χ0) is 20.9. The lowest BCUT2D eigenvalue weighted by Crippen LogP contribution is -2.59. The van der Waals surface area contributed by atoms with Crippen molar-refractivity contribution < 1.29 is 25.5 Å². The van der Waals surface area contributed by atoms with E-state index in [0.29, 0.717) is 36.0 Å². The Morgan fingerprint density at radius 1 is 0.897 bits per heavy atom. The minimum Gasteiger partial charge on any atom is -0.393 e. The molecule has 29 heavy (non-hydrogen) atoms. The Bertz CT molecular complexity index is 567. The smallest absolute Gasteiger partial charge is 0.151 e. The van der Waals surface area contributed by atoms with Gasteiger partial charge >= 0.3 is 0 Å². The molecule has 4 rings (SSSR count). The van der Waals surface area contributed by atoms with Crippen LogP contribution >= 0.6 is 0 Å². The molecule has 4 aliphatic carbocycles. The van der Waals surface area contributed by atoms with Crippen LogP contribution in [0.4, 0.5) is 0 Å². The fraction of sp³-hybridized carbons (Fsp3) is 1.00. The van der Waals surface area contributed by atoms with Crippen molar-refractivity contribution in [2.24, 2.45) is 46.8 Å². The quantitative estimate of drug-likeness (QED) is 0.449. The zero-order valence-electron chi connectivity index (χ0n) is 18.2. The Hall–Kier alpha value is -0.200. The molecule has 4 aliphatic rings. The van der Waals surface area contributed by atoms with E-state index in [1.54, 1.807) is 0 Å². The van der Waals surface area contributed by atoms with Gasteiger partial charge < -0.3 is 25.5 Å². The lowest BCUT2D eigenvalue weighted by atomic mass is 9.45. The summed E-state index contributed by atoms with van der Waals surface area (Å²) in [5, 5.41) is 50.9. The van der Waals surface area contributed by atoms with Crippen LogP contribution in [0, 0.1) is 46.8 Å². The maximum Gasteiger partial charge on any atom is 0.151 e. The van der Waals surface area contributed by atoms with Gasteiger partial charge in [-0.1, -0.05) is 20.3 Å². The van der Waals surface area contributed by atoms with Gasteiger partial charge in [0.05, 0.1) is 18.3 Å². The molecule has 168 valence electrons. The molecule has 0 radical (unpaired) electrons. The van der Waals surface area contributed by atoms with Gasteiger partial charge in [-0.3, -0.25) is 0 Å². The van der Waals surface area contributed by atoms with Gasteiger partial charge in [-0.05, 0) is 105 Å². The van der Waals surface area contributed by atoms with Crippen LogP contribution in [-0.2, 0) is 0 Å². The molecule has 5 heteroatoms. The van der Waals surface area contributed by atoms with Crippen LogP contribution in [0.1, 0.15) is 78.1 Å². The summed E-state index contributed by atoms with van der Waals surface area (Å²) in [5.41, 5.74) is 0.135. The molecule has 0 bridgehead atoms. The predicted molar refractivity (Wildman–Crippen MR) is 111 cm³/mol. The number of rotatable bonds is 5. The van der Waals surface area contributed by atoms with Crippen molar-refractivity contribution in [1.29, 1.82) is 0 Å². The third-order valence-electron chi connectivity index (χ3n) is 9.90. The average Bonchev–Trinajstić information content (AvgIpc) is 3.09. The Morgan fingerprint density at radius 3 is 2.34 bits per heavy atom. The first-order valence-electron chi connectivity index (χ1n) is 12.1. The SMILES string of the molecule is CC(CCCC(O)O)C1CCC2C1C(O)CC1C2C(O)CC2CC(O)CCC21C. The maximum atomic E-state index is 11.3. The summed E-state index contributed by atoms with van der Waals surface area (Å²) in [6.45, 7) is 4.63. The number of fused-ring (bicyclic) bond motifs is 5. The molecule has 0 aromatic rings. The number of aliphatic hydroxyl groups excluding tert-OH is 4. The lowest BCUT2D eigenvalue weighted by Gasteiger charge is -2.61. The van der Waals surface area contributed by atoms with E-state index >= 15 is 0 Å². The molecule has 11 unspecified atom stereocenters. The second kappa shape index (κ2) is 8.38. The highest BCUT2D eigenvalue weighted by atomic mass is 16.5. The summed E-state index contributed by atoms with van der Waals surface area (Å²) in [7, 11) is 0. The topological polar surface area (TPSA) is 101 Å². The molecule has 0 aromatic heterocycles. The van der Waals surface area contributed by atoms with Crippen LogP contribution in [0.25, 0.3) is 0 Å². The normalized spacial score (nSPS) is 50.7. The van der Waals surface area contributed by atoms with Crippen molar-refractivity contribution in [3.63, 3.8) is 0 Å². The zero-order valence-corrected chi connectivity index (χ0v) is 18.2. The van der Waals surface area contributed by atoms with Crippen LogP contribution in [0.2, 0.25) is 0 Å². The minimum absolute atomic E-state index is 0.135. The lowest BCUT2D eigenvalue weighted by molar-refractivity contribution is -0.181. The summed E-state index contributed by atoms with van der Waals surface area (Å²) in [6, 6.07) is 0. The summed E-state index contributed by atoms with van der Waals surface area (Å²) in [5.74, 6) is 2.62. The molecule has 0 aromatic carbocycles. The number of aliphatic hydroxyl groups is 5. The van der Waals surface area contributed by atoms with Gasteiger partial charge in [-0.15, -0.1) is 0 Å². The molecule has 0 saturated heterocycles. The fourth-order valence-electron chi connectivity index (χ4n) is 8.44. The first-order valence-corrected chi connectivity index (χ1v) is 12.1. The summed E-state index contributed by atoms with van der Waals surface area (Å²) in [4.78, 5) is 0. The van der Waals surface area contributed by atoms with E-state index in [2.05, 4.69) is 13.8 Å². The molecule has 11 atom stereocenters. The van der Waals surface area contributed by atoms with Crippen LogP contribution < -0.4 is 0 Å². The maximum absolute atomic E-state index is 11.3. The fourth-order valence-corrected chi connectivity index (χ4v) is 8.44. The van der Waals surface area contributed by atoms with Crippen molar-refractivity contribution in [1.82, 2.24) is 0 Å². The molecular formula is C24H42O5. The van der Waals surface area contributed by atoms with E-state index in [1.165, 1.54) is 0 Å². The third kappa shape index (κ3) is 3.91. The molecule has 4 fully saturated rings. The van der Waals surface area contributed by atoms with Crippen LogP contribution in [0.15, 0.2) is 0 Å². The van der Waals surface area contributed by atoms with Gasteiger partial charge in [-0.2, -0.15) is 0 Å². The van der Waals surface area contributed by atoms with Gasteiger partial charge in [0.1, 0.15) is 0 Å². The summed E-state index contributed by atoms with van der Waals surface area (Å²) in [6.07, 6.45) is 6.63. The Balaban J connectivity index is 1.50. The van der Waals surface area contributed by atoms with Crippen molar-refractivity contribution in [2.45, 2.75) is 103 Å². The van der Waals surface area contributed by atoms with Gasteiger partial charge in [0.25, 0.3) is 0 Å². The summed E-state index contributed by atoms with van der Waals surface area (Å²) >= 11 is 0. The third-order valence-corrected chi connectivity index (χ3v) is 9.90. The monoisotopic (exact) mass is 410 g/mol. The van der Waals surface area contributed by atoms with E-state index in [9.17, 15) is 15.3 Å². The van der Waals surface area contributed by atoms with E-state index in [4.69, 9.17) is 10.2 Å². The Labute approximate surface area is 175 Å². The average molecular weight is 411 g/mol. The second-order valence-corrected chi connectivity index (χ2v) is 11.3. The standard InChI is InChI=1S/C24H42O5/c1-13(4-3-5-21(28)29)16-6-7-17-22(16)20(27)12-18-23(17)19(26)11-14-10-15(25)8-9-24(14,18)2/h13-23,25-29H,3-12H2,1-2H3. The second-order valence-electron chi connectivity index (χ2n) is 11.3. The van der Waals surface area contributed by atoms with Gasteiger partial charge in [0, 0.05) is 0 Å². The largest absolute Gasteiger partial charge is 0.393 e. The highest BCUT2D eigenvalue weighted by Crippen LogP contribution is 2.64. The van der Waals surface area contributed by atoms with E-state index in [0.717, 1.165) is 57.8 Å². The van der Waals surface area contributed by atoms with Crippen molar-refractivity contribution >= 4 is 0 Å². The highest BCUT2D eigenvalue weighted by molar-refractivity contribution is 5.10. The Kier molecular flexibility index (Phi) is 6.36. The van der Waals surface area contributed by atoms with E-state index in [1.807, 2.05) is 0 Å². The predicted octanol–water partition coefficient (Wildman–Crippen LogP) is 2.67. The first-order chi connectivity index (χ1) is 13.7. The molecule has 5 N–H and O–H groups in total. The van der Waals surface area contributed by atoms with Crippen molar-refractivity contribution in [3.8, 4) is 0 Å². The molecule has 0 spiro atoms. The van der Waals surface area contributed by atoms with Crippen LogP contribution in [-0.4, -0.2) is 50.1 Å². The molecule has 0 aliphatic heterocycles. The first kappa shape index (κ1) is 22.0. The van der Waals surface area contributed by atoms with Gasteiger partial charge in [0.15, 0.2) is 6.29 Å². The molecular weight excluding hydrogens is 368 g/mol. The highest BCUT2D eigenvalue weighted by Gasteiger charge is 2.61. The van der Waals surface area contributed by atoms with Gasteiger partial charge in [0.2, 0.25) is 0 Å². The molecule has 0 heterocycles. The van der Waals surface area contributed by atoms with E-state index < -0.39 is 6.29 Å². The van der Waals surface area contributed by atoms with Crippen LogP contribution in [0.3, 0.4) is 0 Å². The Morgan fingerprint density at radius 2 is 1.62 bits per heavy atom. The summed E-state index contributed by atoms with van der Waals surface area (Å²) < 4.78 is 0. The van der Waals surface area contributed by atoms with Crippen molar-refractivity contribution in [2.75, 3.05) is 0 Å². The molecule has 4 saturated carbocycles. The van der Waals surface area contributed by atoms with Crippen molar-refractivity contribution in [3.05, 3.63) is 0 Å². The minimum atomic E-state index is -1.22. The van der Waals surface area contributed by atoms with Gasteiger partial charge in [-0.25, -0.2) is 0 Å². The van der Waals surface area contributed by atoms with E-state index in [-0.39, 0.29) is 35.6 Å². The molecule has 5 nitrogen and oxygen atoms in total. The number of hydrogen-bond donors (Lipinski definition) is 5. The molecule has 0 amide bonds. The van der Waals surface area contributed by atoms with Crippen LogP contribution in [0.5, 0.6) is 0 Å². The number of hydrogen-bond acceptors (Lipinski definition) is 5.